The fourth-order valence-corrected chi connectivity index (χ4v) is 2.81. The number of carbonyl (C=O) groups is 1. The van der Waals surface area contributed by atoms with Crippen molar-refractivity contribution >= 4 is 5.91 Å². The fraction of sp³-hybridized carbons (Fsp3) is 0.533. The maximum atomic E-state index is 13.1. The van der Waals surface area contributed by atoms with E-state index in [1.165, 1.54) is 0 Å². The molecule has 1 aliphatic carbocycles. The lowest BCUT2D eigenvalue weighted by Gasteiger charge is -2.30. The van der Waals surface area contributed by atoms with Crippen LogP contribution in [0.3, 0.4) is 0 Å². The van der Waals surface area contributed by atoms with E-state index < -0.39 is 23.4 Å². The van der Waals surface area contributed by atoms with E-state index in [1.54, 1.807) is 0 Å². The molecule has 0 heterocycles. The van der Waals surface area contributed by atoms with Crippen molar-refractivity contribution < 1.29 is 23.1 Å². The van der Waals surface area contributed by atoms with E-state index in [2.05, 4.69) is 5.32 Å². The molecule has 0 bridgehead atoms. The highest BCUT2D eigenvalue weighted by molar-refractivity contribution is 5.94. The standard InChI is InChI=1S/C15H18F3NO2/c16-12-5-11(6-13(17)14(12)18)15(21)19-7-9-3-1-2-4-10(9)8-20/h5-6,9-10,20H,1-4,7-8H2,(H,19,21). The summed E-state index contributed by atoms with van der Waals surface area (Å²) < 4.78 is 39.0. The van der Waals surface area contributed by atoms with Crippen LogP contribution in [0.5, 0.6) is 0 Å². The van der Waals surface area contributed by atoms with E-state index in [4.69, 9.17) is 0 Å². The second-order valence-corrected chi connectivity index (χ2v) is 5.45. The van der Waals surface area contributed by atoms with Gasteiger partial charge in [-0.25, -0.2) is 13.2 Å². The summed E-state index contributed by atoms with van der Waals surface area (Å²) in [7, 11) is 0. The number of aliphatic hydroxyl groups excluding tert-OH is 1. The topological polar surface area (TPSA) is 49.3 Å². The Balaban J connectivity index is 1.98. The molecule has 0 spiro atoms. The first-order chi connectivity index (χ1) is 10.0. The van der Waals surface area contributed by atoms with Gasteiger partial charge in [0.1, 0.15) is 0 Å². The Hall–Kier alpha value is -1.56. The third-order valence-corrected chi connectivity index (χ3v) is 4.07. The summed E-state index contributed by atoms with van der Waals surface area (Å²) in [5.74, 6) is -4.70. The van der Waals surface area contributed by atoms with Gasteiger partial charge >= 0.3 is 0 Å². The van der Waals surface area contributed by atoms with Gasteiger partial charge in [0.05, 0.1) is 0 Å². The predicted molar refractivity (Wildman–Crippen MR) is 71.2 cm³/mol. The Labute approximate surface area is 121 Å². The van der Waals surface area contributed by atoms with Gasteiger partial charge in [-0.3, -0.25) is 4.79 Å². The molecule has 116 valence electrons. The van der Waals surface area contributed by atoms with Crippen LogP contribution in [0, 0.1) is 29.3 Å². The highest BCUT2D eigenvalue weighted by Crippen LogP contribution is 2.29. The first kappa shape index (κ1) is 15.8. The molecule has 0 aromatic heterocycles. The van der Waals surface area contributed by atoms with Gasteiger partial charge < -0.3 is 10.4 Å². The van der Waals surface area contributed by atoms with Gasteiger partial charge in [0.2, 0.25) is 0 Å². The van der Waals surface area contributed by atoms with Crippen LogP contribution in [0.2, 0.25) is 0 Å². The normalized spacial score (nSPS) is 22.1. The number of benzene rings is 1. The molecule has 2 N–H and O–H groups in total. The van der Waals surface area contributed by atoms with Gasteiger partial charge in [-0.1, -0.05) is 12.8 Å². The smallest absolute Gasteiger partial charge is 0.251 e. The molecule has 1 aromatic rings. The summed E-state index contributed by atoms with van der Waals surface area (Å²) >= 11 is 0. The molecule has 1 aromatic carbocycles. The largest absolute Gasteiger partial charge is 0.396 e. The molecule has 0 radical (unpaired) electrons. The maximum Gasteiger partial charge on any atom is 0.251 e. The van der Waals surface area contributed by atoms with Crippen LogP contribution >= 0.6 is 0 Å². The van der Waals surface area contributed by atoms with Crippen molar-refractivity contribution in [3.63, 3.8) is 0 Å². The highest BCUT2D eigenvalue weighted by atomic mass is 19.2. The van der Waals surface area contributed by atoms with E-state index in [9.17, 15) is 23.1 Å². The van der Waals surface area contributed by atoms with E-state index in [0.717, 1.165) is 25.7 Å². The van der Waals surface area contributed by atoms with Crippen LogP contribution in [-0.2, 0) is 0 Å². The summed E-state index contributed by atoms with van der Waals surface area (Å²) in [4.78, 5) is 11.9. The monoisotopic (exact) mass is 301 g/mol. The molecular weight excluding hydrogens is 283 g/mol. The molecule has 1 aliphatic rings. The first-order valence-corrected chi connectivity index (χ1v) is 7.06. The van der Waals surface area contributed by atoms with Gasteiger partial charge in [-0.05, 0) is 36.8 Å². The number of carbonyl (C=O) groups excluding carboxylic acids is 1. The van der Waals surface area contributed by atoms with Gasteiger partial charge in [0.15, 0.2) is 17.5 Å². The molecule has 21 heavy (non-hydrogen) atoms. The summed E-state index contributed by atoms with van der Waals surface area (Å²) in [6, 6.07) is 1.36. The molecule has 2 unspecified atom stereocenters. The average molecular weight is 301 g/mol. The van der Waals surface area contributed by atoms with Crippen LogP contribution in [0.25, 0.3) is 0 Å². The number of halogens is 3. The molecule has 1 saturated carbocycles. The average Bonchev–Trinajstić information content (AvgIpc) is 2.49. The molecule has 6 heteroatoms. The molecule has 2 rings (SSSR count). The zero-order valence-corrected chi connectivity index (χ0v) is 11.5. The molecule has 3 nitrogen and oxygen atoms in total. The van der Waals surface area contributed by atoms with E-state index >= 15 is 0 Å². The van der Waals surface area contributed by atoms with Gasteiger partial charge in [0.25, 0.3) is 5.91 Å². The molecule has 2 atom stereocenters. The van der Waals surface area contributed by atoms with Crippen molar-refractivity contribution in [2.24, 2.45) is 11.8 Å². The predicted octanol–water partition coefficient (Wildman–Crippen LogP) is 2.63. The van der Waals surface area contributed by atoms with E-state index in [1.807, 2.05) is 0 Å². The number of aliphatic hydroxyl groups is 1. The molecular formula is C15H18F3NO2. The van der Waals surface area contributed by atoms with Crippen molar-refractivity contribution in [3.8, 4) is 0 Å². The van der Waals surface area contributed by atoms with Crippen LogP contribution < -0.4 is 5.32 Å². The highest BCUT2D eigenvalue weighted by Gasteiger charge is 2.25. The van der Waals surface area contributed by atoms with Crippen molar-refractivity contribution in [2.75, 3.05) is 13.2 Å². The second-order valence-electron chi connectivity index (χ2n) is 5.45. The van der Waals surface area contributed by atoms with Gasteiger partial charge in [-0.2, -0.15) is 0 Å². The Morgan fingerprint density at radius 1 is 1.14 bits per heavy atom. The number of rotatable bonds is 4. The van der Waals surface area contributed by atoms with Crippen molar-refractivity contribution in [3.05, 3.63) is 35.1 Å². The Morgan fingerprint density at radius 3 is 2.29 bits per heavy atom. The molecule has 0 aliphatic heterocycles. The Bertz CT molecular complexity index is 499. The van der Waals surface area contributed by atoms with E-state index in [-0.39, 0.29) is 24.0 Å². The number of hydrogen-bond donors (Lipinski definition) is 2. The van der Waals surface area contributed by atoms with Crippen LogP contribution in [0.15, 0.2) is 12.1 Å². The van der Waals surface area contributed by atoms with Crippen molar-refractivity contribution in [1.29, 1.82) is 0 Å². The zero-order chi connectivity index (χ0) is 15.4. The molecule has 1 fully saturated rings. The van der Waals surface area contributed by atoms with Crippen LogP contribution in [0.4, 0.5) is 13.2 Å². The lowest BCUT2D eigenvalue weighted by atomic mass is 9.79. The van der Waals surface area contributed by atoms with Crippen molar-refractivity contribution in [2.45, 2.75) is 25.7 Å². The lowest BCUT2D eigenvalue weighted by Crippen LogP contribution is -2.35. The summed E-state index contributed by atoms with van der Waals surface area (Å²) in [6.45, 7) is 0.408. The van der Waals surface area contributed by atoms with Gasteiger partial charge in [-0.15, -0.1) is 0 Å². The third-order valence-electron chi connectivity index (χ3n) is 4.07. The summed E-state index contributed by atoms with van der Waals surface area (Å²) in [5.41, 5.74) is -0.247. The quantitative estimate of drug-likeness (QED) is 0.840. The minimum Gasteiger partial charge on any atom is -0.396 e. The minimum atomic E-state index is -1.58. The minimum absolute atomic E-state index is 0.0698. The number of amides is 1. The third kappa shape index (κ3) is 3.75. The Morgan fingerprint density at radius 2 is 1.71 bits per heavy atom. The SMILES string of the molecule is O=C(NCC1CCCCC1CO)c1cc(F)c(F)c(F)c1. The van der Waals surface area contributed by atoms with Crippen LogP contribution in [0.1, 0.15) is 36.0 Å². The molecule has 0 saturated heterocycles. The summed E-state index contributed by atoms with van der Waals surface area (Å²) in [6.07, 6.45) is 3.91. The van der Waals surface area contributed by atoms with Crippen molar-refractivity contribution in [1.82, 2.24) is 5.32 Å². The summed E-state index contributed by atoms with van der Waals surface area (Å²) in [5, 5.41) is 11.9. The first-order valence-electron chi connectivity index (χ1n) is 7.06. The fourth-order valence-electron chi connectivity index (χ4n) is 2.81. The lowest BCUT2D eigenvalue weighted by molar-refractivity contribution is 0.0908. The second kappa shape index (κ2) is 6.93. The Kier molecular flexibility index (Phi) is 5.22. The maximum absolute atomic E-state index is 13.1. The zero-order valence-electron chi connectivity index (χ0n) is 11.5. The van der Waals surface area contributed by atoms with Crippen LogP contribution in [-0.4, -0.2) is 24.2 Å². The number of nitrogens with one attached hydrogen (secondary N) is 1. The number of hydrogen-bond acceptors (Lipinski definition) is 2. The molecule has 1 amide bonds. The van der Waals surface area contributed by atoms with Gasteiger partial charge in [0, 0.05) is 18.7 Å². The van der Waals surface area contributed by atoms with E-state index in [0.29, 0.717) is 18.7 Å².